The molecule has 0 saturated carbocycles. The second-order valence-corrected chi connectivity index (χ2v) is 6.17. The van der Waals surface area contributed by atoms with E-state index in [1.165, 1.54) is 12.1 Å². The number of rotatable bonds is 6. The van der Waals surface area contributed by atoms with E-state index in [0.717, 1.165) is 11.3 Å². The van der Waals surface area contributed by atoms with Crippen molar-refractivity contribution in [3.05, 3.63) is 64.5 Å². The van der Waals surface area contributed by atoms with Gasteiger partial charge in [-0.15, -0.1) is 0 Å². The number of methoxy groups -OCH3 is 1. The van der Waals surface area contributed by atoms with Crippen molar-refractivity contribution < 1.29 is 18.7 Å². The number of halogens is 1. The van der Waals surface area contributed by atoms with Crippen molar-refractivity contribution in [3.63, 3.8) is 0 Å². The summed E-state index contributed by atoms with van der Waals surface area (Å²) < 4.78 is 19.3. The minimum atomic E-state index is -0.614. The Morgan fingerprint density at radius 3 is 2.60 bits per heavy atom. The molecule has 1 amide bonds. The molecule has 130 valence electrons. The maximum atomic E-state index is 14.2. The van der Waals surface area contributed by atoms with Gasteiger partial charge in [0.15, 0.2) is 5.78 Å². The minimum absolute atomic E-state index is 0.0831. The van der Waals surface area contributed by atoms with E-state index < -0.39 is 5.82 Å². The van der Waals surface area contributed by atoms with Gasteiger partial charge in [-0.2, -0.15) is 0 Å². The van der Waals surface area contributed by atoms with Crippen molar-refractivity contribution in [2.24, 2.45) is 0 Å². The first-order valence-corrected chi connectivity index (χ1v) is 8.31. The van der Waals surface area contributed by atoms with Gasteiger partial charge in [0.1, 0.15) is 11.6 Å². The average Bonchev–Trinajstić information content (AvgIpc) is 2.90. The van der Waals surface area contributed by atoms with E-state index in [1.54, 1.807) is 12.0 Å². The van der Waals surface area contributed by atoms with Gasteiger partial charge in [0.25, 0.3) is 5.91 Å². The van der Waals surface area contributed by atoms with Crippen LogP contribution in [-0.4, -0.2) is 23.7 Å². The van der Waals surface area contributed by atoms with Crippen LogP contribution in [0.25, 0.3) is 0 Å². The number of hydrogen-bond acceptors (Lipinski definition) is 3. The normalized spacial score (nSPS) is 13.1. The lowest BCUT2D eigenvalue weighted by molar-refractivity contribution is 0.0766. The molecular formula is C20H20FNO3. The van der Waals surface area contributed by atoms with Crippen LogP contribution in [0, 0.1) is 5.82 Å². The second kappa shape index (κ2) is 7.05. The Bertz CT molecular complexity index is 814. The quantitative estimate of drug-likeness (QED) is 0.747. The van der Waals surface area contributed by atoms with Gasteiger partial charge in [-0.05, 0) is 41.8 Å². The molecule has 0 fully saturated rings. The van der Waals surface area contributed by atoms with Gasteiger partial charge in [0.2, 0.25) is 0 Å². The number of carbonyl (C=O) groups excluding carboxylic acids is 2. The van der Waals surface area contributed by atoms with Crippen LogP contribution in [0.15, 0.2) is 36.4 Å². The number of fused-ring (bicyclic) bond motifs is 1. The van der Waals surface area contributed by atoms with Crippen LogP contribution in [0.1, 0.15) is 51.6 Å². The zero-order chi connectivity index (χ0) is 18.0. The molecule has 1 aliphatic heterocycles. The fourth-order valence-corrected chi connectivity index (χ4v) is 3.05. The summed E-state index contributed by atoms with van der Waals surface area (Å²) in [5, 5.41) is 0. The average molecular weight is 341 g/mol. The number of amides is 1. The molecule has 0 bridgehead atoms. The number of Topliss-reactive ketones (excluding diaryl/α,β-unsaturated/α-hetero) is 1. The van der Waals surface area contributed by atoms with Crippen molar-refractivity contribution >= 4 is 11.7 Å². The molecule has 2 aromatic carbocycles. The molecule has 25 heavy (non-hydrogen) atoms. The van der Waals surface area contributed by atoms with E-state index in [1.807, 2.05) is 31.2 Å². The van der Waals surface area contributed by atoms with Gasteiger partial charge in [-0.1, -0.05) is 19.1 Å². The fourth-order valence-electron chi connectivity index (χ4n) is 3.05. The van der Waals surface area contributed by atoms with Gasteiger partial charge in [0, 0.05) is 25.1 Å². The molecule has 5 heteroatoms. The van der Waals surface area contributed by atoms with Crippen LogP contribution in [-0.2, 0) is 13.1 Å². The molecule has 1 aliphatic rings. The van der Waals surface area contributed by atoms with E-state index in [0.29, 0.717) is 37.1 Å². The summed E-state index contributed by atoms with van der Waals surface area (Å²) >= 11 is 0. The number of ether oxygens (including phenoxy) is 1. The Morgan fingerprint density at radius 1 is 1.24 bits per heavy atom. The summed E-state index contributed by atoms with van der Waals surface area (Å²) in [4.78, 5) is 26.2. The van der Waals surface area contributed by atoms with Gasteiger partial charge < -0.3 is 9.64 Å². The van der Waals surface area contributed by atoms with Crippen molar-refractivity contribution in [1.82, 2.24) is 4.90 Å². The number of nitrogens with zero attached hydrogens (tertiary/aromatic N) is 1. The lowest BCUT2D eigenvalue weighted by Gasteiger charge is -2.15. The predicted octanol–water partition coefficient (Wildman–Crippen LogP) is 3.97. The van der Waals surface area contributed by atoms with E-state index in [9.17, 15) is 14.0 Å². The second-order valence-electron chi connectivity index (χ2n) is 6.17. The minimum Gasteiger partial charge on any atom is -0.497 e. The number of benzene rings is 2. The topological polar surface area (TPSA) is 46.6 Å². The van der Waals surface area contributed by atoms with Crippen LogP contribution < -0.4 is 4.74 Å². The third-order valence-electron chi connectivity index (χ3n) is 4.38. The van der Waals surface area contributed by atoms with E-state index in [4.69, 9.17) is 4.74 Å². The van der Waals surface area contributed by atoms with Crippen molar-refractivity contribution in [3.8, 4) is 5.75 Å². The summed E-state index contributed by atoms with van der Waals surface area (Å²) in [5.41, 5.74) is 2.10. The predicted molar refractivity (Wildman–Crippen MR) is 92.2 cm³/mol. The Hall–Kier alpha value is -2.69. The molecular weight excluding hydrogens is 321 g/mol. The van der Waals surface area contributed by atoms with Crippen LogP contribution in [0.2, 0.25) is 0 Å². The summed E-state index contributed by atoms with van der Waals surface area (Å²) in [6.07, 6.45) is 0.969. The molecule has 0 N–H and O–H groups in total. The molecule has 0 atom stereocenters. The largest absolute Gasteiger partial charge is 0.497 e. The zero-order valence-corrected chi connectivity index (χ0v) is 14.3. The monoisotopic (exact) mass is 341 g/mol. The SMILES string of the molecule is CCCC(=O)c1cc2c(cc1F)C(=O)N(Cc1ccc(OC)cc1)C2. The maximum absolute atomic E-state index is 14.2. The number of hydrogen-bond donors (Lipinski definition) is 0. The molecule has 0 radical (unpaired) electrons. The molecule has 0 aromatic heterocycles. The van der Waals surface area contributed by atoms with E-state index >= 15 is 0 Å². The summed E-state index contributed by atoms with van der Waals surface area (Å²) in [7, 11) is 1.60. The van der Waals surface area contributed by atoms with Crippen LogP contribution >= 0.6 is 0 Å². The molecule has 2 aromatic rings. The lowest BCUT2D eigenvalue weighted by Crippen LogP contribution is -2.23. The third kappa shape index (κ3) is 3.40. The fraction of sp³-hybridized carbons (Fsp3) is 0.300. The van der Waals surface area contributed by atoms with Gasteiger partial charge in [-0.25, -0.2) is 4.39 Å². The molecule has 4 nitrogen and oxygen atoms in total. The maximum Gasteiger partial charge on any atom is 0.254 e. The molecule has 0 unspecified atom stereocenters. The van der Waals surface area contributed by atoms with Crippen molar-refractivity contribution in [1.29, 1.82) is 0 Å². The zero-order valence-electron chi connectivity index (χ0n) is 14.3. The van der Waals surface area contributed by atoms with Crippen molar-refractivity contribution in [2.45, 2.75) is 32.9 Å². The third-order valence-corrected chi connectivity index (χ3v) is 4.38. The number of ketones is 1. The van der Waals surface area contributed by atoms with Crippen LogP contribution in [0.4, 0.5) is 4.39 Å². The van der Waals surface area contributed by atoms with Gasteiger partial charge in [0.05, 0.1) is 12.7 Å². The van der Waals surface area contributed by atoms with Crippen molar-refractivity contribution in [2.75, 3.05) is 7.11 Å². The highest BCUT2D eigenvalue weighted by Gasteiger charge is 2.29. The van der Waals surface area contributed by atoms with Crippen LogP contribution in [0.3, 0.4) is 0 Å². The molecule has 3 rings (SSSR count). The first kappa shape index (κ1) is 17.1. The Morgan fingerprint density at radius 2 is 1.96 bits per heavy atom. The van der Waals surface area contributed by atoms with E-state index in [2.05, 4.69) is 0 Å². The molecule has 0 saturated heterocycles. The number of carbonyl (C=O) groups is 2. The molecule has 0 aliphatic carbocycles. The highest BCUT2D eigenvalue weighted by atomic mass is 19.1. The highest BCUT2D eigenvalue weighted by molar-refractivity contribution is 6.01. The van der Waals surface area contributed by atoms with Gasteiger partial charge in [-0.3, -0.25) is 9.59 Å². The first-order chi connectivity index (χ1) is 12.0. The Balaban J connectivity index is 1.81. The Labute approximate surface area is 146 Å². The summed E-state index contributed by atoms with van der Waals surface area (Å²) in [5.74, 6) is -0.291. The van der Waals surface area contributed by atoms with Gasteiger partial charge >= 0.3 is 0 Å². The lowest BCUT2D eigenvalue weighted by atomic mass is 10.0. The standard InChI is InChI=1S/C20H20FNO3/c1-3-4-19(23)17-9-14-12-22(20(24)16(14)10-18(17)21)11-13-5-7-15(25-2)8-6-13/h5-10H,3-4,11-12H2,1-2H3. The smallest absolute Gasteiger partial charge is 0.254 e. The molecule has 1 heterocycles. The highest BCUT2D eigenvalue weighted by Crippen LogP contribution is 2.28. The van der Waals surface area contributed by atoms with E-state index in [-0.39, 0.29) is 17.3 Å². The summed E-state index contributed by atoms with van der Waals surface area (Å²) in [6.45, 7) is 2.69. The molecule has 0 spiro atoms. The Kier molecular flexibility index (Phi) is 4.83. The van der Waals surface area contributed by atoms with Crippen LogP contribution in [0.5, 0.6) is 5.75 Å². The summed E-state index contributed by atoms with van der Waals surface area (Å²) in [6, 6.07) is 10.2. The first-order valence-electron chi connectivity index (χ1n) is 8.31.